The predicted octanol–water partition coefficient (Wildman–Crippen LogP) is 0.406. The smallest absolute Gasteiger partial charge is 0.328 e. The monoisotopic (exact) mass is 267 g/mol. The summed E-state index contributed by atoms with van der Waals surface area (Å²) in [6.45, 7) is 1.45. The highest BCUT2D eigenvalue weighted by molar-refractivity contribution is 5.83. The summed E-state index contributed by atoms with van der Waals surface area (Å²) >= 11 is 0. The summed E-state index contributed by atoms with van der Waals surface area (Å²) in [6.07, 6.45) is -1.14. The van der Waals surface area contributed by atoms with Crippen LogP contribution >= 0.6 is 0 Å². The van der Waals surface area contributed by atoms with Crippen molar-refractivity contribution in [3.8, 4) is 5.75 Å². The molecule has 104 valence electrons. The Kier molecular flexibility index (Phi) is 5.81. The van der Waals surface area contributed by atoms with E-state index in [0.717, 1.165) is 0 Å². The van der Waals surface area contributed by atoms with E-state index in [0.29, 0.717) is 5.75 Å². The predicted molar refractivity (Wildman–Crippen MR) is 67.8 cm³/mol. The lowest BCUT2D eigenvalue weighted by Crippen LogP contribution is -2.47. The van der Waals surface area contributed by atoms with Crippen molar-refractivity contribution in [2.24, 2.45) is 0 Å². The van der Waals surface area contributed by atoms with E-state index >= 15 is 0 Å². The Morgan fingerprint density at radius 2 is 1.95 bits per heavy atom. The normalized spacial score (nSPS) is 13.4. The molecule has 0 bridgehead atoms. The molecule has 1 rings (SSSR count). The Hall–Kier alpha value is -2.08. The van der Waals surface area contributed by atoms with Crippen LogP contribution in [0, 0.1) is 0 Å². The number of aliphatic carboxylic acids is 1. The number of hydrogen-bond donors (Lipinski definition) is 3. The van der Waals surface area contributed by atoms with Crippen LogP contribution in [-0.4, -0.2) is 40.8 Å². The Morgan fingerprint density at radius 1 is 1.32 bits per heavy atom. The highest BCUT2D eigenvalue weighted by atomic mass is 16.5. The van der Waals surface area contributed by atoms with Crippen molar-refractivity contribution in [1.82, 2.24) is 5.32 Å². The second kappa shape index (κ2) is 7.38. The van der Waals surface area contributed by atoms with E-state index in [4.69, 9.17) is 9.84 Å². The summed E-state index contributed by atoms with van der Waals surface area (Å²) in [5.74, 6) is -1.11. The average molecular weight is 267 g/mol. The first-order chi connectivity index (χ1) is 9.00. The standard InChI is InChI=1S/C13H17NO5/c1-9(15)12(13(17)18)14-11(16)7-8-19-10-5-3-2-4-6-10/h2-6,9,12,15H,7-8H2,1H3,(H,14,16)(H,17,18). The van der Waals surface area contributed by atoms with Crippen LogP contribution < -0.4 is 10.1 Å². The Labute approximate surface area is 111 Å². The zero-order valence-corrected chi connectivity index (χ0v) is 10.6. The van der Waals surface area contributed by atoms with E-state index in [-0.39, 0.29) is 13.0 Å². The first-order valence-corrected chi connectivity index (χ1v) is 5.89. The van der Waals surface area contributed by atoms with E-state index in [1.54, 1.807) is 12.1 Å². The van der Waals surface area contributed by atoms with Crippen LogP contribution in [-0.2, 0) is 9.59 Å². The molecular weight excluding hydrogens is 250 g/mol. The lowest BCUT2D eigenvalue weighted by Gasteiger charge is -2.17. The fraction of sp³-hybridized carbons (Fsp3) is 0.385. The molecular formula is C13H17NO5. The highest BCUT2D eigenvalue weighted by Crippen LogP contribution is 2.08. The molecule has 0 aliphatic rings. The minimum Gasteiger partial charge on any atom is -0.493 e. The summed E-state index contributed by atoms with van der Waals surface area (Å²) in [5, 5.41) is 20.2. The van der Waals surface area contributed by atoms with E-state index in [1.165, 1.54) is 6.92 Å². The summed E-state index contributed by atoms with van der Waals surface area (Å²) in [6, 6.07) is 7.68. The maximum absolute atomic E-state index is 11.5. The van der Waals surface area contributed by atoms with Crippen LogP contribution in [0.15, 0.2) is 30.3 Å². The van der Waals surface area contributed by atoms with Gasteiger partial charge in [-0.2, -0.15) is 0 Å². The molecule has 0 aliphatic heterocycles. The fourth-order valence-corrected chi connectivity index (χ4v) is 1.41. The number of carbonyl (C=O) groups is 2. The maximum atomic E-state index is 11.5. The molecule has 1 aromatic rings. The van der Waals surface area contributed by atoms with E-state index < -0.39 is 24.0 Å². The third kappa shape index (κ3) is 5.39. The Bertz CT molecular complexity index is 418. The van der Waals surface area contributed by atoms with E-state index in [9.17, 15) is 14.7 Å². The molecule has 0 saturated heterocycles. The van der Waals surface area contributed by atoms with Crippen LogP contribution in [0.2, 0.25) is 0 Å². The maximum Gasteiger partial charge on any atom is 0.328 e. The molecule has 0 fully saturated rings. The van der Waals surface area contributed by atoms with Crippen molar-refractivity contribution in [2.75, 3.05) is 6.61 Å². The van der Waals surface area contributed by atoms with Gasteiger partial charge in [-0.25, -0.2) is 4.79 Å². The van der Waals surface area contributed by atoms with Crippen LogP contribution in [0.25, 0.3) is 0 Å². The van der Waals surface area contributed by atoms with Gasteiger partial charge in [0.05, 0.1) is 19.1 Å². The number of carboxylic acid groups (broad SMARTS) is 1. The van der Waals surface area contributed by atoms with Crippen molar-refractivity contribution in [3.63, 3.8) is 0 Å². The molecule has 0 aromatic heterocycles. The number of aliphatic hydroxyl groups is 1. The van der Waals surface area contributed by atoms with Crippen molar-refractivity contribution >= 4 is 11.9 Å². The lowest BCUT2D eigenvalue weighted by atomic mass is 10.2. The molecule has 0 aliphatic carbocycles. The molecule has 1 amide bonds. The van der Waals surface area contributed by atoms with Crippen molar-refractivity contribution in [2.45, 2.75) is 25.5 Å². The van der Waals surface area contributed by atoms with Gasteiger partial charge in [-0.15, -0.1) is 0 Å². The van der Waals surface area contributed by atoms with Gasteiger partial charge >= 0.3 is 5.97 Å². The fourth-order valence-electron chi connectivity index (χ4n) is 1.41. The van der Waals surface area contributed by atoms with Gasteiger partial charge in [0.1, 0.15) is 5.75 Å². The molecule has 0 spiro atoms. The summed E-state index contributed by atoms with van der Waals surface area (Å²) in [5.41, 5.74) is 0. The first kappa shape index (κ1) is 15.0. The molecule has 3 N–H and O–H groups in total. The van der Waals surface area contributed by atoms with Crippen LogP contribution in [0.1, 0.15) is 13.3 Å². The quantitative estimate of drug-likeness (QED) is 0.665. The third-order valence-corrected chi connectivity index (χ3v) is 2.41. The van der Waals surface area contributed by atoms with Gasteiger partial charge in [0, 0.05) is 0 Å². The topological polar surface area (TPSA) is 95.9 Å². The van der Waals surface area contributed by atoms with E-state index in [2.05, 4.69) is 5.32 Å². The highest BCUT2D eigenvalue weighted by Gasteiger charge is 2.24. The first-order valence-electron chi connectivity index (χ1n) is 5.89. The number of rotatable bonds is 7. The zero-order chi connectivity index (χ0) is 14.3. The second-order valence-corrected chi connectivity index (χ2v) is 4.04. The van der Waals surface area contributed by atoms with Crippen LogP contribution in [0.4, 0.5) is 0 Å². The van der Waals surface area contributed by atoms with Crippen molar-refractivity contribution in [1.29, 1.82) is 0 Å². The molecule has 0 heterocycles. The number of aliphatic hydroxyl groups excluding tert-OH is 1. The molecule has 0 saturated carbocycles. The molecule has 1 aromatic carbocycles. The summed E-state index contributed by atoms with van der Waals surface area (Å²) in [4.78, 5) is 22.3. The van der Waals surface area contributed by atoms with Gasteiger partial charge in [0.25, 0.3) is 0 Å². The molecule has 19 heavy (non-hydrogen) atoms. The van der Waals surface area contributed by atoms with Gasteiger partial charge in [0.15, 0.2) is 6.04 Å². The van der Waals surface area contributed by atoms with Gasteiger partial charge in [0.2, 0.25) is 5.91 Å². The second-order valence-electron chi connectivity index (χ2n) is 4.04. The number of carboxylic acids is 1. The van der Waals surface area contributed by atoms with Gasteiger partial charge < -0.3 is 20.3 Å². The van der Waals surface area contributed by atoms with Crippen LogP contribution in [0.5, 0.6) is 5.75 Å². The number of amides is 1. The minimum absolute atomic E-state index is 0.0192. The molecule has 2 unspecified atom stereocenters. The molecule has 0 radical (unpaired) electrons. The molecule has 6 nitrogen and oxygen atoms in total. The van der Waals surface area contributed by atoms with Crippen molar-refractivity contribution in [3.05, 3.63) is 30.3 Å². The molecule has 6 heteroatoms. The number of carbonyl (C=O) groups excluding carboxylic acids is 1. The molecule has 2 atom stereocenters. The summed E-state index contributed by atoms with van der Waals surface area (Å²) < 4.78 is 5.31. The van der Waals surface area contributed by atoms with Gasteiger partial charge in [-0.3, -0.25) is 4.79 Å². The number of nitrogens with one attached hydrogen (secondary N) is 1. The van der Waals surface area contributed by atoms with E-state index in [1.807, 2.05) is 18.2 Å². The Morgan fingerprint density at radius 3 is 2.47 bits per heavy atom. The average Bonchev–Trinajstić information content (AvgIpc) is 2.36. The third-order valence-electron chi connectivity index (χ3n) is 2.41. The van der Waals surface area contributed by atoms with Crippen LogP contribution in [0.3, 0.4) is 0 Å². The number of para-hydroxylation sites is 1. The zero-order valence-electron chi connectivity index (χ0n) is 10.6. The number of benzene rings is 1. The largest absolute Gasteiger partial charge is 0.493 e. The number of ether oxygens (including phenoxy) is 1. The lowest BCUT2D eigenvalue weighted by molar-refractivity contribution is -0.144. The van der Waals surface area contributed by atoms with Crippen molar-refractivity contribution < 1.29 is 24.5 Å². The van der Waals surface area contributed by atoms with Gasteiger partial charge in [-0.1, -0.05) is 18.2 Å². The Balaban J connectivity index is 2.33. The summed E-state index contributed by atoms with van der Waals surface area (Å²) in [7, 11) is 0. The van der Waals surface area contributed by atoms with Gasteiger partial charge in [-0.05, 0) is 19.1 Å². The SMILES string of the molecule is CC(O)C(NC(=O)CCOc1ccccc1)C(=O)O. The minimum atomic E-state index is -1.30. The number of hydrogen-bond acceptors (Lipinski definition) is 4.